The number of carbonyl (C=O) groups excluding carboxylic acids is 1. The van der Waals surface area contributed by atoms with Crippen molar-refractivity contribution in [1.29, 1.82) is 0 Å². The molecule has 1 aromatic carbocycles. The Kier molecular flexibility index (Phi) is 5.40. The first kappa shape index (κ1) is 20.7. The SMILES string of the molecule is Cn1ncc(-c2cc(C(=O)Nc3nc4ccccc4n3C3CCC(O)CC3)ccn2)c1Cl. The van der Waals surface area contributed by atoms with Crippen molar-refractivity contribution >= 4 is 34.5 Å². The molecule has 2 N–H and O–H groups in total. The highest BCUT2D eigenvalue weighted by Crippen LogP contribution is 2.34. The van der Waals surface area contributed by atoms with Crippen LogP contribution in [0.3, 0.4) is 0 Å². The van der Waals surface area contributed by atoms with Crippen molar-refractivity contribution in [2.45, 2.75) is 37.8 Å². The number of fused-ring (bicyclic) bond motifs is 1. The number of nitrogens with zero attached hydrogens (tertiary/aromatic N) is 5. The van der Waals surface area contributed by atoms with E-state index >= 15 is 0 Å². The van der Waals surface area contributed by atoms with Crippen molar-refractivity contribution in [1.82, 2.24) is 24.3 Å². The van der Waals surface area contributed by atoms with Gasteiger partial charge in [0.25, 0.3) is 5.91 Å². The molecule has 32 heavy (non-hydrogen) atoms. The molecule has 4 aromatic rings. The Bertz CT molecular complexity index is 1290. The van der Waals surface area contributed by atoms with Crippen LogP contribution in [0.15, 0.2) is 48.8 Å². The van der Waals surface area contributed by atoms with Crippen molar-refractivity contribution in [3.8, 4) is 11.3 Å². The summed E-state index contributed by atoms with van der Waals surface area (Å²) in [6.07, 6.45) is 6.11. The number of aryl methyl sites for hydroxylation is 1. The maximum Gasteiger partial charge on any atom is 0.258 e. The molecule has 0 unspecified atom stereocenters. The molecule has 0 bridgehead atoms. The smallest absolute Gasteiger partial charge is 0.258 e. The molecule has 164 valence electrons. The molecule has 1 aliphatic rings. The summed E-state index contributed by atoms with van der Waals surface area (Å²) >= 11 is 6.30. The Hall–Kier alpha value is -3.23. The number of carbonyl (C=O) groups is 1. The Labute approximate surface area is 189 Å². The molecule has 0 radical (unpaired) electrons. The molecule has 0 atom stereocenters. The highest BCUT2D eigenvalue weighted by Gasteiger charge is 2.25. The number of amides is 1. The van der Waals surface area contributed by atoms with Crippen molar-refractivity contribution in [3.05, 3.63) is 59.5 Å². The van der Waals surface area contributed by atoms with E-state index in [9.17, 15) is 9.90 Å². The Balaban J connectivity index is 1.47. The second-order valence-corrected chi connectivity index (χ2v) is 8.47. The molecule has 9 heteroatoms. The highest BCUT2D eigenvalue weighted by atomic mass is 35.5. The van der Waals surface area contributed by atoms with E-state index in [1.54, 1.807) is 36.3 Å². The number of hydrogen-bond acceptors (Lipinski definition) is 5. The fourth-order valence-electron chi connectivity index (χ4n) is 4.31. The molecule has 0 aliphatic heterocycles. The lowest BCUT2D eigenvalue weighted by Gasteiger charge is -2.28. The van der Waals surface area contributed by atoms with Crippen LogP contribution in [0.2, 0.25) is 5.15 Å². The Morgan fingerprint density at radius 1 is 1.19 bits per heavy atom. The third kappa shape index (κ3) is 3.76. The number of anilines is 1. The summed E-state index contributed by atoms with van der Waals surface area (Å²) in [5, 5.41) is 17.5. The van der Waals surface area contributed by atoms with Gasteiger partial charge in [-0.1, -0.05) is 23.7 Å². The van der Waals surface area contributed by atoms with Crippen LogP contribution < -0.4 is 5.32 Å². The average Bonchev–Trinajstić information content (AvgIpc) is 3.34. The van der Waals surface area contributed by atoms with E-state index in [-0.39, 0.29) is 18.1 Å². The number of rotatable bonds is 4. The van der Waals surface area contributed by atoms with Gasteiger partial charge in [-0.3, -0.25) is 19.8 Å². The van der Waals surface area contributed by atoms with E-state index in [0.717, 1.165) is 36.7 Å². The summed E-state index contributed by atoms with van der Waals surface area (Å²) in [5.74, 6) is 0.233. The molecule has 1 fully saturated rings. The summed E-state index contributed by atoms with van der Waals surface area (Å²) in [6, 6.07) is 11.4. The first-order valence-corrected chi connectivity index (χ1v) is 11.0. The molecular formula is C23H23ClN6O2. The van der Waals surface area contributed by atoms with Crippen LogP contribution in [0.4, 0.5) is 5.95 Å². The normalized spacial score (nSPS) is 18.7. The maximum atomic E-state index is 13.2. The van der Waals surface area contributed by atoms with Crippen LogP contribution in [0, 0.1) is 0 Å². The van der Waals surface area contributed by atoms with E-state index in [2.05, 4.69) is 25.0 Å². The van der Waals surface area contributed by atoms with E-state index < -0.39 is 0 Å². The number of imidazole rings is 1. The molecule has 3 aromatic heterocycles. The zero-order valence-electron chi connectivity index (χ0n) is 17.6. The third-order valence-electron chi connectivity index (χ3n) is 6.02. The van der Waals surface area contributed by atoms with Gasteiger partial charge in [-0.05, 0) is 49.9 Å². The number of aliphatic hydroxyl groups is 1. The van der Waals surface area contributed by atoms with E-state index in [1.807, 2.05) is 24.3 Å². The van der Waals surface area contributed by atoms with Gasteiger partial charge in [-0.2, -0.15) is 5.10 Å². The number of para-hydroxylation sites is 2. The van der Waals surface area contributed by atoms with Crippen molar-refractivity contribution in [2.75, 3.05) is 5.32 Å². The number of benzene rings is 1. The largest absolute Gasteiger partial charge is 0.393 e. The minimum absolute atomic E-state index is 0.170. The van der Waals surface area contributed by atoms with E-state index in [4.69, 9.17) is 11.6 Å². The van der Waals surface area contributed by atoms with Crippen LogP contribution in [-0.4, -0.2) is 41.4 Å². The molecule has 5 rings (SSSR count). The number of nitrogens with one attached hydrogen (secondary N) is 1. The molecule has 1 amide bonds. The van der Waals surface area contributed by atoms with Gasteiger partial charge in [0.2, 0.25) is 5.95 Å². The molecule has 8 nitrogen and oxygen atoms in total. The topological polar surface area (TPSA) is 97.9 Å². The fraction of sp³-hybridized carbons (Fsp3) is 0.304. The minimum Gasteiger partial charge on any atom is -0.393 e. The third-order valence-corrected chi connectivity index (χ3v) is 6.47. The lowest BCUT2D eigenvalue weighted by atomic mass is 9.93. The number of hydrogen-bond donors (Lipinski definition) is 2. The number of aliphatic hydroxyl groups excluding tert-OH is 1. The quantitative estimate of drug-likeness (QED) is 0.485. The molecular weight excluding hydrogens is 428 g/mol. The lowest BCUT2D eigenvalue weighted by Crippen LogP contribution is -2.23. The summed E-state index contributed by atoms with van der Waals surface area (Å²) in [4.78, 5) is 22.2. The van der Waals surface area contributed by atoms with Gasteiger partial charge in [0.1, 0.15) is 5.15 Å². The predicted octanol–water partition coefficient (Wildman–Crippen LogP) is 4.21. The van der Waals surface area contributed by atoms with Gasteiger partial charge >= 0.3 is 0 Å². The van der Waals surface area contributed by atoms with Gasteiger partial charge in [0.05, 0.1) is 34.6 Å². The summed E-state index contributed by atoms with van der Waals surface area (Å²) < 4.78 is 3.65. The summed E-state index contributed by atoms with van der Waals surface area (Å²) in [7, 11) is 1.75. The second-order valence-electron chi connectivity index (χ2n) is 8.11. The predicted molar refractivity (Wildman–Crippen MR) is 123 cm³/mol. The standard InChI is InChI=1S/C23H23ClN6O2/c1-29-21(24)17(13-26-29)19-12-14(10-11-25-19)22(32)28-23-27-18-4-2-3-5-20(18)30(23)15-6-8-16(31)9-7-15/h2-5,10-13,15-16,31H,6-9H2,1H3,(H,27,28,32). The van der Waals surface area contributed by atoms with Crippen molar-refractivity contribution in [2.24, 2.45) is 7.05 Å². The van der Waals surface area contributed by atoms with Crippen LogP contribution in [0.1, 0.15) is 42.1 Å². The molecule has 0 saturated heterocycles. The van der Waals surface area contributed by atoms with E-state index in [1.165, 1.54) is 0 Å². The number of halogens is 1. The van der Waals surface area contributed by atoms with Gasteiger partial charge in [-0.25, -0.2) is 4.98 Å². The monoisotopic (exact) mass is 450 g/mol. The van der Waals surface area contributed by atoms with Crippen molar-refractivity contribution < 1.29 is 9.90 Å². The van der Waals surface area contributed by atoms with Gasteiger partial charge in [-0.15, -0.1) is 0 Å². The lowest BCUT2D eigenvalue weighted by molar-refractivity contribution is 0.102. The van der Waals surface area contributed by atoms with Crippen LogP contribution >= 0.6 is 11.6 Å². The Morgan fingerprint density at radius 3 is 2.72 bits per heavy atom. The van der Waals surface area contributed by atoms with Crippen LogP contribution in [-0.2, 0) is 7.05 Å². The van der Waals surface area contributed by atoms with Crippen LogP contribution in [0.5, 0.6) is 0 Å². The number of pyridine rings is 1. The highest BCUT2D eigenvalue weighted by molar-refractivity contribution is 6.32. The fourth-order valence-corrected chi connectivity index (χ4v) is 4.50. The first-order valence-electron chi connectivity index (χ1n) is 10.6. The molecule has 1 saturated carbocycles. The van der Waals surface area contributed by atoms with E-state index in [0.29, 0.717) is 27.9 Å². The van der Waals surface area contributed by atoms with Gasteiger partial charge in [0, 0.05) is 24.8 Å². The first-order chi connectivity index (χ1) is 15.5. The second kappa shape index (κ2) is 8.37. The average molecular weight is 451 g/mol. The number of aromatic nitrogens is 5. The van der Waals surface area contributed by atoms with Gasteiger partial charge in [0.15, 0.2) is 0 Å². The zero-order valence-corrected chi connectivity index (χ0v) is 18.3. The summed E-state index contributed by atoms with van der Waals surface area (Å²) in [6.45, 7) is 0. The Morgan fingerprint density at radius 2 is 1.97 bits per heavy atom. The van der Waals surface area contributed by atoms with Crippen LogP contribution in [0.25, 0.3) is 22.3 Å². The summed E-state index contributed by atoms with van der Waals surface area (Å²) in [5.41, 5.74) is 3.49. The zero-order chi connectivity index (χ0) is 22.2. The molecule has 3 heterocycles. The minimum atomic E-state index is -0.277. The molecule has 1 aliphatic carbocycles. The molecule has 0 spiro atoms. The maximum absolute atomic E-state index is 13.2. The van der Waals surface area contributed by atoms with Crippen molar-refractivity contribution in [3.63, 3.8) is 0 Å². The van der Waals surface area contributed by atoms with Gasteiger partial charge < -0.3 is 9.67 Å².